The second-order valence-corrected chi connectivity index (χ2v) is 7.00. The molecule has 1 aromatic rings. The minimum absolute atomic E-state index is 0.130. The zero-order valence-electron chi connectivity index (χ0n) is 12.6. The van der Waals surface area contributed by atoms with Crippen molar-refractivity contribution in [2.75, 3.05) is 0 Å². The van der Waals surface area contributed by atoms with Gasteiger partial charge in [0, 0.05) is 11.6 Å². The standard InChI is InChI=1S/C17H26FN/c1-11-9-12(2)15(14(18)10-11)16(19)13-5-7-17(3,4)8-6-13/h9-10,13,16H,5-8,19H2,1-4H3. The first-order valence-electron chi connectivity index (χ1n) is 7.32. The molecule has 0 spiro atoms. The molecule has 1 atom stereocenters. The molecule has 19 heavy (non-hydrogen) atoms. The van der Waals surface area contributed by atoms with Crippen molar-refractivity contribution in [3.63, 3.8) is 0 Å². The van der Waals surface area contributed by atoms with Crippen LogP contribution < -0.4 is 5.73 Å². The van der Waals surface area contributed by atoms with Crippen LogP contribution in [-0.4, -0.2) is 0 Å². The van der Waals surface area contributed by atoms with Gasteiger partial charge in [0.05, 0.1) is 0 Å². The lowest BCUT2D eigenvalue weighted by Crippen LogP contribution is -2.30. The van der Waals surface area contributed by atoms with Gasteiger partial charge in [0.2, 0.25) is 0 Å². The zero-order valence-corrected chi connectivity index (χ0v) is 12.6. The molecule has 0 aromatic heterocycles. The van der Waals surface area contributed by atoms with Crippen LogP contribution >= 0.6 is 0 Å². The molecule has 1 saturated carbocycles. The summed E-state index contributed by atoms with van der Waals surface area (Å²) >= 11 is 0. The summed E-state index contributed by atoms with van der Waals surface area (Å²) < 4.78 is 14.2. The van der Waals surface area contributed by atoms with Gasteiger partial charge in [-0.15, -0.1) is 0 Å². The number of nitrogens with two attached hydrogens (primary N) is 1. The molecule has 106 valence electrons. The van der Waals surface area contributed by atoms with Crippen LogP contribution in [0.3, 0.4) is 0 Å². The topological polar surface area (TPSA) is 26.0 Å². The monoisotopic (exact) mass is 263 g/mol. The molecule has 1 nitrogen and oxygen atoms in total. The van der Waals surface area contributed by atoms with Crippen molar-refractivity contribution in [3.8, 4) is 0 Å². The van der Waals surface area contributed by atoms with Crippen LogP contribution in [0.5, 0.6) is 0 Å². The van der Waals surface area contributed by atoms with Crippen LogP contribution in [0.15, 0.2) is 12.1 Å². The maximum Gasteiger partial charge on any atom is 0.128 e. The van der Waals surface area contributed by atoms with Gasteiger partial charge in [0.25, 0.3) is 0 Å². The van der Waals surface area contributed by atoms with Gasteiger partial charge in [-0.2, -0.15) is 0 Å². The van der Waals surface area contributed by atoms with E-state index in [1.165, 1.54) is 12.8 Å². The Balaban J connectivity index is 2.19. The van der Waals surface area contributed by atoms with Gasteiger partial charge in [0.1, 0.15) is 5.82 Å². The van der Waals surface area contributed by atoms with E-state index >= 15 is 0 Å². The summed E-state index contributed by atoms with van der Waals surface area (Å²) in [5.41, 5.74) is 9.49. The average Bonchev–Trinajstić information content (AvgIpc) is 2.27. The third-order valence-electron chi connectivity index (χ3n) is 4.71. The van der Waals surface area contributed by atoms with E-state index in [0.717, 1.165) is 29.5 Å². The highest BCUT2D eigenvalue weighted by molar-refractivity contribution is 5.34. The molecule has 1 aliphatic carbocycles. The number of rotatable bonds is 2. The molecular weight excluding hydrogens is 237 g/mol. The fourth-order valence-corrected chi connectivity index (χ4v) is 3.37. The van der Waals surface area contributed by atoms with Gasteiger partial charge in [-0.1, -0.05) is 19.9 Å². The molecule has 1 unspecified atom stereocenters. The molecule has 2 heteroatoms. The molecule has 0 amide bonds. The van der Waals surface area contributed by atoms with E-state index in [4.69, 9.17) is 5.73 Å². The highest BCUT2D eigenvalue weighted by Crippen LogP contribution is 2.42. The Morgan fingerprint density at radius 2 is 1.79 bits per heavy atom. The predicted octanol–water partition coefficient (Wildman–Crippen LogP) is 4.66. The third kappa shape index (κ3) is 3.17. The Hall–Kier alpha value is -0.890. The first kappa shape index (κ1) is 14.5. The maximum atomic E-state index is 14.2. The molecule has 2 N–H and O–H groups in total. The summed E-state index contributed by atoms with van der Waals surface area (Å²) in [6.07, 6.45) is 4.61. The number of aryl methyl sites for hydroxylation is 2. The Kier molecular flexibility index (Phi) is 4.00. The molecule has 0 radical (unpaired) electrons. The van der Waals surface area contributed by atoms with Crippen LogP contribution in [0.1, 0.15) is 62.3 Å². The Morgan fingerprint density at radius 1 is 1.21 bits per heavy atom. The van der Waals surface area contributed by atoms with Crippen molar-refractivity contribution >= 4 is 0 Å². The first-order valence-corrected chi connectivity index (χ1v) is 7.32. The normalized spacial score (nSPS) is 21.4. The second-order valence-electron chi connectivity index (χ2n) is 7.00. The lowest BCUT2D eigenvalue weighted by atomic mass is 9.70. The summed E-state index contributed by atoms with van der Waals surface area (Å²) in [6.45, 7) is 8.52. The number of halogens is 1. The van der Waals surface area contributed by atoms with Crippen molar-refractivity contribution in [1.29, 1.82) is 0 Å². The van der Waals surface area contributed by atoms with Crippen molar-refractivity contribution in [2.45, 2.75) is 59.4 Å². The minimum Gasteiger partial charge on any atom is -0.324 e. The Morgan fingerprint density at radius 3 is 2.32 bits per heavy atom. The molecule has 2 rings (SSSR count). The van der Waals surface area contributed by atoms with Gasteiger partial charge < -0.3 is 5.73 Å². The summed E-state index contributed by atoms with van der Waals surface area (Å²) in [6, 6.07) is 3.48. The lowest BCUT2D eigenvalue weighted by Gasteiger charge is -2.37. The lowest BCUT2D eigenvalue weighted by molar-refractivity contribution is 0.172. The number of hydrogen-bond acceptors (Lipinski definition) is 1. The second kappa shape index (κ2) is 5.24. The number of hydrogen-bond donors (Lipinski definition) is 1. The van der Waals surface area contributed by atoms with E-state index in [1.807, 2.05) is 19.9 Å². The van der Waals surface area contributed by atoms with Crippen molar-refractivity contribution in [2.24, 2.45) is 17.1 Å². The fraction of sp³-hybridized carbons (Fsp3) is 0.647. The van der Waals surface area contributed by atoms with E-state index in [-0.39, 0.29) is 11.9 Å². The molecule has 0 heterocycles. The Bertz CT molecular complexity index is 431. The van der Waals surface area contributed by atoms with E-state index in [9.17, 15) is 4.39 Å². The van der Waals surface area contributed by atoms with Crippen LogP contribution in [0.25, 0.3) is 0 Å². The van der Waals surface area contributed by atoms with E-state index in [1.54, 1.807) is 6.07 Å². The fourth-order valence-electron chi connectivity index (χ4n) is 3.37. The third-order valence-corrected chi connectivity index (χ3v) is 4.71. The van der Waals surface area contributed by atoms with Crippen molar-refractivity contribution < 1.29 is 4.39 Å². The van der Waals surface area contributed by atoms with Crippen molar-refractivity contribution in [3.05, 3.63) is 34.6 Å². The van der Waals surface area contributed by atoms with Crippen molar-refractivity contribution in [1.82, 2.24) is 0 Å². The average molecular weight is 263 g/mol. The van der Waals surface area contributed by atoms with E-state index < -0.39 is 0 Å². The van der Waals surface area contributed by atoms with Crippen LogP contribution in [0, 0.1) is 31.0 Å². The molecule has 0 bridgehead atoms. The molecule has 1 aromatic carbocycles. The Labute approximate surface area is 116 Å². The summed E-state index contributed by atoms with van der Waals surface area (Å²) in [5.74, 6) is 0.291. The summed E-state index contributed by atoms with van der Waals surface area (Å²) in [5, 5.41) is 0. The quantitative estimate of drug-likeness (QED) is 0.825. The smallest absolute Gasteiger partial charge is 0.128 e. The molecule has 0 saturated heterocycles. The maximum absolute atomic E-state index is 14.2. The largest absolute Gasteiger partial charge is 0.324 e. The summed E-state index contributed by atoms with van der Waals surface area (Å²) in [4.78, 5) is 0. The number of benzene rings is 1. The van der Waals surface area contributed by atoms with Gasteiger partial charge >= 0.3 is 0 Å². The molecule has 1 aliphatic rings. The minimum atomic E-state index is -0.156. The predicted molar refractivity (Wildman–Crippen MR) is 78.5 cm³/mol. The highest BCUT2D eigenvalue weighted by Gasteiger charge is 2.31. The highest BCUT2D eigenvalue weighted by atomic mass is 19.1. The van der Waals surface area contributed by atoms with Crippen LogP contribution in [-0.2, 0) is 0 Å². The molecular formula is C17H26FN. The van der Waals surface area contributed by atoms with Gasteiger partial charge in [-0.05, 0) is 68.1 Å². The SMILES string of the molecule is Cc1cc(C)c(C(N)C2CCC(C)(C)CC2)c(F)c1. The zero-order chi connectivity index (χ0) is 14.2. The van der Waals surface area contributed by atoms with Gasteiger partial charge in [0.15, 0.2) is 0 Å². The summed E-state index contributed by atoms with van der Waals surface area (Å²) in [7, 11) is 0. The van der Waals surface area contributed by atoms with E-state index in [2.05, 4.69) is 13.8 Å². The van der Waals surface area contributed by atoms with E-state index in [0.29, 0.717) is 11.3 Å². The van der Waals surface area contributed by atoms with Crippen LogP contribution in [0.4, 0.5) is 4.39 Å². The molecule has 1 fully saturated rings. The van der Waals surface area contributed by atoms with Gasteiger partial charge in [-0.25, -0.2) is 4.39 Å². The first-order chi connectivity index (χ1) is 8.80. The molecule has 0 aliphatic heterocycles. The van der Waals surface area contributed by atoms with Gasteiger partial charge in [-0.3, -0.25) is 0 Å². The van der Waals surface area contributed by atoms with Crippen LogP contribution in [0.2, 0.25) is 0 Å².